The van der Waals surface area contributed by atoms with Gasteiger partial charge in [-0.3, -0.25) is 0 Å². The zero-order valence-corrected chi connectivity index (χ0v) is 12.3. The van der Waals surface area contributed by atoms with E-state index in [-0.39, 0.29) is 0 Å². The Hall–Kier alpha value is -0.630. The smallest absolute Gasteiger partial charge is 0.122 e. The molecule has 1 aromatic carbocycles. The van der Waals surface area contributed by atoms with Gasteiger partial charge in [0.1, 0.15) is 5.75 Å². The highest BCUT2D eigenvalue weighted by Crippen LogP contribution is 2.21. The van der Waals surface area contributed by atoms with Crippen LogP contribution in [0.15, 0.2) is 18.2 Å². The van der Waals surface area contributed by atoms with Crippen LogP contribution in [0.1, 0.15) is 37.8 Å². The minimum atomic E-state index is 0.745. The highest BCUT2D eigenvalue weighted by atomic mass is 32.2. The number of hydrogen-bond donors (Lipinski definition) is 0. The van der Waals surface area contributed by atoms with Crippen molar-refractivity contribution in [1.82, 2.24) is 0 Å². The Kier molecular flexibility index (Phi) is 6.49. The van der Waals surface area contributed by atoms with Crippen molar-refractivity contribution in [2.75, 3.05) is 12.4 Å². The first-order valence-electron chi connectivity index (χ1n) is 6.42. The summed E-state index contributed by atoms with van der Waals surface area (Å²) in [5.41, 5.74) is 2.57. The number of ether oxygens (including phenoxy) is 1. The Morgan fingerprint density at radius 3 is 2.65 bits per heavy atom. The van der Waals surface area contributed by atoms with Crippen molar-refractivity contribution in [3.05, 3.63) is 29.3 Å². The summed E-state index contributed by atoms with van der Waals surface area (Å²) in [7, 11) is 0. The lowest BCUT2D eigenvalue weighted by atomic mass is 10.1. The van der Waals surface area contributed by atoms with Crippen molar-refractivity contribution in [2.45, 2.75) is 45.8 Å². The molecule has 0 aliphatic rings. The molecule has 0 aliphatic carbocycles. The fraction of sp³-hybridized carbons (Fsp3) is 0.600. The average molecular weight is 252 g/mol. The second-order valence-corrected chi connectivity index (χ2v) is 6.36. The molecule has 96 valence electrons. The molecule has 0 atom stereocenters. The van der Waals surface area contributed by atoms with Crippen molar-refractivity contribution in [3.63, 3.8) is 0 Å². The van der Waals surface area contributed by atoms with Gasteiger partial charge in [0.05, 0.1) is 6.61 Å². The molecular weight excluding hydrogens is 228 g/mol. The molecule has 0 bridgehead atoms. The Balaban J connectivity index is 2.20. The highest BCUT2D eigenvalue weighted by molar-refractivity contribution is 7.99. The van der Waals surface area contributed by atoms with Gasteiger partial charge in [-0.1, -0.05) is 26.0 Å². The molecule has 2 heteroatoms. The number of aryl methyl sites for hydroxylation is 1. The van der Waals surface area contributed by atoms with Crippen LogP contribution in [-0.2, 0) is 0 Å². The van der Waals surface area contributed by atoms with Gasteiger partial charge in [0.25, 0.3) is 0 Å². The third-order valence-corrected chi connectivity index (χ3v) is 3.99. The molecule has 0 unspecified atom stereocenters. The van der Waals surface area contributed by atoms with Crippen LogP contribution in [-0.4, -0.2) is 17.6 Å². The standard InChI is InChI=1S/C15H24OS/c1-12(2)17-11-6-5-10-16-15-9-7-8-13(3)14(15)4/h7-9,12H,5-6,10-11H2,1-4H3. The predicted molar refractivity (Wildman–Crippen MR) is 78.2 cm³/mol. The van der Waals surface area contributed by atoms with Crippen LogP contribution >= 0.6 is 11.8 Å². The molecule has 17 heavy (non-hydrogen) atoms. The fourth-order valence-electron chi connectivity index (χ4n) is 1.59. The van der Waals surface area contributed by atoms with Crippen LogP contribution in [0.3, 0.4) is 0 Å². The first-order chi connectivity index (χ1) is 8.11. The van der Waals surface area contributed by atoms with E-state index in [1.54, 1.807) is 0 Å². The van der Waals surface area contributed by atoms with Crippen molar-refractivity contribution in [3.8, 4) is 5.75 Å². The molecule has 0 radical (unpaired) electrons. The van der Waals surface area contributed by atoms with Crippen molar-refractivity contribution in [1.29, 1.82) is 0 Å². The summed E-state index contributed by atoms with van der Waals surface area (Å²) in [6, 6.07) is 6.25. The summed E-state index contributed by atoms with van der Waals surface area (Å²) >= 11 is 2.03. The van der Waals surface area contributed by atoms with Crippen molar-refractivity contribution in [2.24, 2.45) is 0 Å². The molecule has 0 spiro atoms. The van der Waals surface area contributed by atoms with Crippen LogP contribution < -0.4 is 4.74 Å². The van der Waals surface area contributed by atoms with E-state index in [0.717, 1.165) is 24.0 Å². The van der Waals surface area contributed by atoms with Crippen molar-refractivity contribution < 1.29 is 4.74 Å². The van der Waals surface area contributed by atoms with Crippen LogP contribution in [0.25, 0.3) is 0 Å². The molecule has 0 saturated carbocycles. The molecule has 1 rings (SSSR count). The lowest BCUT2D eigenvalue weighted by Gasteiger charge is -2.10. The summed E-state index contributed by atoms with van der Waals surface area (Å²) in [5.74, 6) is 2.29. The number of unbranched alkanes of at least 4 members (excludes halogenated alkanes) is 1. The zero-order valence-electron chi connectivity index (χ0n) is 11.5. The average Bonchev–Trinajstić information content (AvgIpc) is 2.28. The SMILES string of the molecule is Cc1cccc(OCCCCSC(C)C)c1C. The summed E-state index contributed by atoms with van der Waals surface area (Å²) in [5, 5.41) is 0.745. The second-order valence-electron chi connectivity index (χ2n) is 4.67. The summed E-state index contributed by atoms with van der Waals surface area (Å²) < 4.78 is 5.82. The largest absolute Gasteiger partial charge is 0.493 e. The Labute approximate surface area is 110 Å². The maximum absolute atomic E-state index is 5.82. The van der Waals surface area contributed by atoms with Crippen LogP contribution in [0.4, 0.5) is 0 Å². The first kappa shape index (κ1) is 14.4. The van der Waals surface area contributed by atoms with Gasteiger partial charge in [-0.05, 0) is 54.9 Å². The summed E-state index contributed by atoms with van der Waals surface area (Å²) in [6.45, 7) is 9.58. The maximum atomic E-state index is 5.82. The fourth-order valence-corrected chi connectivity index (χ4v) is 2.43. The van der Waals surface area contributed by atoms with E-state index in [1.807, 2.05) is 11.8 Å². The number of benzene rings is 1. The van der Waals surface area contributed by atoms with E-state index < -0.39 is 0 Å². The third-order valence-electron chi connectivity index (χ3n) is 2.80. The van der Waals surface area contributed by atoms with Crippen LogP contribution in [0, 0.1) is 13.8 Å². The predicted octanol–water partition coefficient (Wildman–Crippen LogP) is 4.60. The summed E-state index contributed by atoms with van der Waals surface area (Å²) in [6.07, 6.45) is 2.39. The minimum Gasteiger partial charge on any atom is -0.493 e. The van der Waals surface area contributed by atoms with Gasteiger partial charge in [0.2, 0.25) is 0 Å². The van der Waals surface area contributed by atoms with E-state index in [1.165, 1.54) is 23.3 Å². The first-order valence-corrected chi connectivity index (χ1v) is 7.46. The van der Waals surface area contributed by atoms with E-state index >= 15 is 0 Å². The monoisotopic (exact) mass is 252 g/mol. The van der Waals surface area contributed by atoms with Gasteiger partial charge in [-0.2, -0.15) is 11.8 Å². The minimum absolute atomic E-state index is 0.745. The van der Waals surface area contributed by atoms with Gasteiger partial charge < -0.3 is 4.74 Å². The zero-order chi connectivity index (χ0) is 12.7. The molecule has 0 N–H and O–H groups in total. The van der Waals surface area contributed by atoms with Gasteiger partial charge in [-0.25, -0.2) is 0 Å². The van der Waals surface area contributed by atoms with Crippen LogP contribution in [0.2, 0.25) is 0 Å². The molecule has 0 heterocycles. The van der Waals surface area contributed by atoms with E-state index in [0.29, 0.717) is 0 Å². The number of rotatable bonds is 7. The topological polar surface area (TPSA) is 9.23 Å². The quantitative estimate of drug-likeness (QED) is 0.656. The van der Waals surface area contributed by atoms with Gasteiger partial charge >= 0.3 is 0 Å². The molecule has 0 aromatic heterocycles. The lowest BCUT2D eigenvalue weighted by Crippen LogP contribution is -2.00. The van der Waals surface area contributed by atoms with E-state index in [2.05, 4.69) is 45.9 Å². The molecule has 0 amide bonds. The van der Waals surface area contributed by atoms with Crippen LogP contribution in [0.5, 0.6) is 5.75 Å². The Morgan fingerprint density at radius 2 is 1.94 bits per heavy atom. The van der Waals surface area contributed by atoms with Gasteiger partial charge in [0.15, 0.2) is 0 Å². The Morgan fingerprint density at radius 1 is 1.18 bits per heavy atom. The molecule has 0 fully saturated rings. The van der Waals surface area contributed by atoms with Gasteiger partial charge in [0, 0.05) is 0 Å². The third kappa shape index (κ3) is 5.49. The molecular formula is C15H24OS. The Bertz CT molecular complexity index is 334. The lowest BCUT2D eigenvalue weighted by molar-refractivity contribution is 0.307. The summed E-state index contributed by atoms with van der Waals surface area (Å²) in [4.78, 5) is 0. The number of hydrogen-bond acceptors (Lipinski definition) is 2. The second kappa shape index (κ2) is 7.65. The number of thioether (sulfide) groups is 1. The van der Waals surface area contributed by atoms with E-state index in [4.69, 9.17) is 4.74 Å². The maximum Gasteiger partial charge on any atom is 0.122 e. The highest BCUT2D eigenvalue weighted by Gasteiger charge is 2.01. The molecule has 0 aliphatic heterocycles. The molecule has 1 aromatic rings. The van der Waals surface area contributed by atoms with E-state index in [9.17, 15) is 0 Å². The normalized spacial score (nSPS) is 10.9. The molecule has 0 saturated heterocycles. The van der Waals surface area contributed by atoms with Crippen molar-refractivity contribution >= 4 is 11.8 Å². The van der Waals surface area contributed by atoms with Gasteiger partial charge in [-0.15, -0.1) is 0 Å². The molecule has 1 nitrogen and oxygen atoms in total.